The minimum atomic E-state index is -0.135. The molecule has 6 aromatic rings. The Bertz CT molecular complexity index is 2410. The molecule has 2 nitrogen and oxygen atoms in total. The second-order valence-electron chi connectivity index (χ2n) is 19.3. The molecule has 2 heteroatoms. The molecule has 0 aliphatic heterocycles. The van der Waals surface area contributed by atoms with Crippen LogP contribution in [0, 0.1) is 29.6 Å². The van der Waals surface area contributed by atoms with Crippen LogP contribution in [0.1, 0.15) is 106 Å². The van der Waals surface area contributed by atoms with Crippen molar-refractivity contribution in [1.82, 2.24) is 4.57 Å². The van der Waals surface area contributed by atoms with Gasteiger partial charge in [0.2, 0.25) is 0 Å². The number of aromatic nitrogens is 1. The van der Waals surface area contributed by atoms with Gasteiger partial charge in [0.25, 0.3) is 0 Å². The Labute approximate surface area is 315 Å². The fourth-order valence-corrected chi connectivity index (χ4v) is 14.1. The van der Waals surface area contributed by atoms with Crippen molar-refractivity contribution in [3.8, 4) is 11.1 Å². The molecule has 0 saturated heterocycles. The summed E-state index contributed by atoms with van der Waals surface area (Å²) in [4.78, 5) is 2.56. The highest BCUT2D eigenvalue weighted by molar-refractivity contribution is 6.13. The maximum absolute atomic E-state index is 2.56. The third-order valence-electron chi connectivity index (χ3n) is 16.0. The predicted octanol–water partition coefficient (Wildman–Crippen LogP) is 13.5. The van der Waals surface area contributed by atoms with Crippen LogP contribution in [0.4, 0.5) is 17.1 Å². The molecule has 0 radical (unpaired) electrons. The van der Waals surface area contributed by atoms with Crippen LogP contribution in [0.2, 0.25) is 0 Å². The van der Waals surface area contributed by atoms with Gasteiger partial charge in [-0.1, -0.05) is 74.9 Å². The van der Waals surface area contributed by atoms with Crippen molar-refractivity contribution in [3.63, 3.8) is 0 Å². The van der Waals surface area contributed by atoms with Crippen molar-refractivity contribution in [2.45, 2.75) is 94.8 Å². The zero-order valence-electron chi connectivity index (χ0n) is 31.7. The summed E-state index contributed by atoms with van der Waals surface area (Å²) < 4.78 is 2.38. The van der Waals surface area contributed by atoms with E-state index in [0.29, 0.717) is 5.41 Å². The molecule has 13 rings (SSSR count). The first-order chi connectivity index (χ1) is 25.8. The zero-order valence-corrected chi connectivity index (χ0v) is 31.7. The maximum Gasteiger partial charge on any atom is 0.0492 e. The lowest BCUT2D eigenvalue weighted by Crippen LogP contribution is -2.48. The standard InChI is InChI=1S/C51H52N2/c1-50(2)45-27-40(18-19-41(45)42-20-21-47-48(49(42)50)43-6-4-5-7-46(43)52(47)3)53(38-14-10-35(11-15-38)44-26-31-8-9-36(44)25-31)39-16-12-37(13-17-39)51-28-32-22-33(29-51)24-34(23-32)30-51/h4-7,10-21,27,31-34,36,44H,8-9,22-26,28-30H2,1-3H3. The van der Waals surface area contributed by atoms with E-state index in [1.54, 1.807) is 11.1 Å². The van der Waals surface area contributed by atoms with E-state index in [2.05, 4.69) is 133 Å². The van der Waals surface area contributed by atoms with Crippen LogP contribution >= 0.6 is 0 Å². The van der Waals surface area contributed by atoms with E-state index in [1.165, 1.54) is 125 Å². The summed E-state index contributed by atoms with van der Waals surface area (Å²) in [6.45, 7) is 4.91. The van der Waals surface area contributed by atoms with Crippen LogP contribution < -0.4 is 4.90 Å². The number of hydrogen-bond acceptors (Lipinski definition) is 1. The Hall–Kier alpha value is -4.30. The third-order valence-corrected chi connectivity index (χ3v) is 16.0. The van der Waals surface area contributed by atoms with Crippen molar-refractivity contribution >= 4 is 38.9 Å². The van der Waals surface area contributed by atoms with Crippen LogP contribution in [0.5, 0.6) is 0 Å². The molecule has 1 aromatic heterocycles. The Kier molecular flexibility index (Phi) is 6.39. The lowest BCUT2D eigenvalue weighted by molar-refractivity contribution is -0.00518. The number of rotatable bonds is 5. The van der Waals surface area contributed by atoms with Crippen LogP contribution in [0.15, 0.2) is 103 Å². The van der Waals surface area contributed by atoms with Crippen molar-refractivity contribution in [1.29, 1.82) is 0 Å². The summed E-state index contributed by atoms with van der Waals surface area (Å²) in [5.41, 5.74) is 15.5. The van der Waals surface area contributed by atoms with Gasteiger partial charge in [0.05, 0.1) is 0 Å². The minimum absolute atomic E-state index is 0.135. The summed E-state index contributed by atoms with van der Waals surface area (Å²) in [5.74, 6) is 5.48. The number of benzene rings is 5. The van der Waals surface area contributed by atoms with Gasteiger partial charge in [-0.05, 0) is 181 Å². The third kappa shape index (κ3) is 4.39. The summed E-state index contributed by atoms with van der Waals surface area (Å²) in [6, 6.07) is 40.8. The second-order valence-corrected chi connectivity index (χ2v) is 19.3. The molecular formula is C51H52N2. The Morgan fingerprint density at radius 3 is 1.94 bits per heavy atom. The molecule has 3 atom stereocenters. The monoisotopic (exact) mass is 692 g/mol. The second kappa shape index (κ2) is 10.9. The minimum Gasteiger partial charge on any atom is -0.344 e. The molecule has 53 heavy (non-hydrogen) atoms. The van der Waals surface area contributed by atoms with Gasteiger partial charge in [-0.2, -0.15) is 0 Å². The first kappa shape index (κ1) is 31.1. The molecule has 5 aromatic carbocycles. The van der Waals surface area contributed by atoms with Gasteiger partial charge in [-0.15, -0.1) is 0 Å². The number of hydrogen-bond donors (Lipinski definition) is 0. The fourth-order valence-electron chi connectivity index (χ4n) is 14.1. The van der Waals surface area contributed by atoms with Crippen LogP contribution in [0.3, 0.4) is 0 Å². The smallest absolute Gasteiger partial charge is 0.0492 e. The Morgan fingerprint density at radius 2 is 1.26 bits per heavy atom. The molecule has 6 saturated carbocycles. The highest BCUT2D eigenvalue weighted by atomic mass is 15.1. The summed E-state index contributed by atoms with van der Waals surface area (Å²) in [7, 11) is 2.22. The first-order valence-corrected chi connectivity index (χ1v) is 21.0. The highest BCUT2D eigenvalue weighted by Gasteiger charge is 2.51. The molecule has 266 valence electrons. The molecule has 0 N–H and O–H groups in total. The van der Waals surface area contributed by atoms with Gasteiger partial charge >= 0.3 is 0 Å². The Morgan fingerprint density at radius 1 is 0.604 bits per heavy atom. The number of para-hydroxylation sites is 1. The number of anilines is 3. The quantitative estimate of drug-likeness (QED) is 0.175. The van der Waals surface area contributed by atoms with E-state index >= 15 is 0 Å². The predicted molar refractivity (Wildman–Crippen MR) is 221 cm³/mol. The van der Waals surface area contributed by atoms with Crippen molar-refractivity contribution < 1.29 is 0 Å². The average Bonchev–Trinajstić information content (AvgIpc) is 3.93. The summed E-state index contributed by atoms with van der Waals surface area (Å²) in [5, 5.41) is 2.77. The number of aryl methyl sites for hydroxylation is 1. The number of nitrogens with zero attached hydrogens (tertiary/aromatic N) is 2. The van der Waals surface area contributed by atoms with Crippen LogP contribution in [0.25, 0.3) is 32.9 Å². The fraction of sp³-hybridized carbons (Fsp3) is 0.412. The molecule has 7 aliphatic carbocycles. The molecule has 0 amide bonds. The van der Waals surface area contributed by atoms with Crippen molar-refractivity contribution in [3.05, 3.63) is 125 Å². The van der Waals surface area contributed by atoms with Gasteiger partial charge in [-0.3, -0.25) is 0 Å². The first-order valence-electron chi connectivity index (χ1n) is 21.0. The van der Waals surface area contributed by atoms with Gasteiger partial charge < -0.3 is 9.47 Å². The summed E-state index contributed by atoms with van der Waals surface area (Å²) in [6.07, 6.45) is 14.5. The van der Waals surface area contributed by atoms with Crippen molar-refractivity contribution in [2.24, 2.45) is 36.6 Å². The molecule has 1 heterocycles. The lowest BCUT2D eigenvalue weighted by Gasteiger charge is -2.57. The van der Waals surface area contributed by atoms with E-state index in [0.717, 1.165) is 35.5 Å². The maximum atomic E-state index is 2.56. The van der Waals surface area contributed by atoms with E-state index in [4.69, 9.17) is 0 Å². The SMILES string of the molecule is Cn1c2ccccc2c2c3c(ccc21)-c1ccc(N(c2ccc(C4CC5CCC4C5)cc2)c2ccc(C45CC6CC(CC(C6)C4)C5)cc2)cc1C3(C)C. The van der Waals surface area contributed by atoms with E-state index in [1.807, 2.05) is 0 Å². The van der Waals surface area contributed by atoms with E-state index in [9.17, 15) is 0 Å². The molecule has 3 unspecified atom stereocenters. The normalized spacial score (nSPS) is 30.0. The highest BCUT2D eigenvalue weighted by Crippen LogP contribution is 2.61. The van der Waals surface area contributed by atoms with Gasteiger partial charge in [0, 0.05) is 51.3 Å². The van der Waals surface area contributed by atoms with Crippen molar-refractivity contribution in [2.75, 3.05) is 4.90 Å². The number of fused-ring (bicyclic) bond motifs is 9. The lowest BCUT2D eigenvalue weighted by atomic mass is 9.48. The van der Waals surface area contributed by atoms with Gasteiger partial charge in [-0.25, -0.2) is 0 Å². The molecular weight excluding hydrogens is 641 g/mol. The summed E-state index contributed by atoms with van der Waals surface area (Å²) >= 11 is 0. The molecule has 0 spiro atoms. The molecule has 6 fully saturated rings. The zero-order chi connectivity index (χ0) is 35.2. The van der Waals surface area contributed by atoms with Gasteiger partial charge in [0.1, 0.15) is 0 Å². The molecule has 6 bridgehead atoms. The van der Waals surface area contributed by atoms with E-state index in [-0.39, 0.29) is 5.41 Å². The van der Waals surface area contributed by atoms with E-state index < -0.39 is 0 Å². The average molecular weight is 693 g/mol. The van der Waals surface area contributed by atoms with Crippen LogP contribution in [-0.4, -0.2) is 4.57 Å². The largest absolute Gasteiger partial charge is 0.344 e. The van der Waals surface area contributed by atoms with Gasteiger partial charge in [0.15, 0.2) is 0 Å². The topological polar surface area (TPSA) is 8.17 Å². The molecule has 7 aliphatic rings. The van der Waals surface area contributed by atoms with Crippen LogP contribution in [-0.2, 0) is 17.9 Å². The Balaban J connectivity index is 0.969.